The molecule has 0 atom stereocenters. The molecule has 2 rings (SSSR count). The van der Waals surface area contributed by atoms with Crippen molar-refractivity contribution in [2.45, 2.75) is 24.8 Å². The first kappa shape index (κ1) is 8.23. The summed E-state index contributed by atoms with van der Waals surface area (Å²) in [6.45, 7) is 0. The Labute approximate surface area is 76.5 Å². The van der Waals surface area contributed by atoms with Gasteiger partial charge in [-0.25, -0.2) is 0 Å². The molecule has 1 fully saturated rings. The lowest BCUT2D eigenvalue weighted by molar-refractivity contribution is -0.538. The SMILES string of the molecule is O=[N+]([O-])C1(Cc2ccccc2)CC1. The lowest BCUT2D eigenvalue weighted by atomic mass is 10.1. The lowest BCUT2D eigenvalue weighted by Crippen LogP contribution is -2.23. The van der Waals surface area contributed by atoms with E-state index in [1.807, 2.05) is 30.3 Å². The van der Waals surface area contributed by atoms with Crippen molar-refractivity contribution < 1.29 is 4.92 Å². The summed E-state index contributed by atoms with van der Waals surface area (Å²) in [4.78, 5) is 10.6. The van der Waals surface area contributed by atoms with Crippen LogP contribution in [-0.4, -0.2) is 10.5 Å². The van der Waals surface area contributed by atoms with Gasteiger partial charge < -0.3 is 0 Å². The molecule has 1 aromatic rings. The van der Waals surface area contributed by atoms with Gasteiger partial charge in [0.1, 0.15) is 0 Å². The fourth-order valence-corrected chi connectivity index (χ4v) is 1.54. The predicted octanol–water partition coefficient (Wildman–Crippen LogP) is 2.04. The van der Waals surface area contributed by atoms with Crippen LogP contribution in [0.4, 0.5) is 0 Å². The highest BCUT2D eigenvalue weighted by molar-refractivity contribution is 5.19. The molecule has 3 nitrogen and oxygen atoms in total. The van der Waals surface area contributed by atoms with E-state index in [0.717, 1.165) is 18.4 Å². The molecule has 1 aliphatic rings. The van der Waals surface area contributed by atoms with Gasteiger partial charge in [0.2, 0.25) is 5.54 Å². The molecule has 1 saturated carbocycles. The molecule has 0 aliphatic heterocycles. The smallest absolute Gasteiger partial charge is 0.226 e. The first-order valence-corrected chi connectivity index (χ1v) is 4.41. The zero-order chi connectivity index (χ0) is 9.31. The normalized spacial score (nSPS) is 18.2. The van der Waals surface area contributed by atoms with Crippen molar-refractivity contribution in [3.05, 3.63) is 46.0 Å². The van der Waals surface area contributed by atoms with Crippen molar-refractivity contribution in [1.82, 2.24) is 0 Å². The van der Waals surface area contributed by atoms with E-state index >= 15 is 0 Å². The second-order valence-electron chi connectivity index (χ2n) is 3.64. The third-order valence-corrected chi connectivity index (χ3v) is 2.59. The summed E-state index contributed by atoms with van der Waals surface area (Å²) in [7, 11) is 0. The molecule has 0 amide bonds. The van der Waals surface area contributed by atoms with Crippen molar-refractivity contribution in [1.29, 1.82) is 0 Å². The van der Waals surface area contributed by atoms with Gasteiger partial charge in [-0.3, -0.25) is 10.1 Å². The van der Waals surface area contributed by atoms with Gasteiger partial charge in [0.25, 0.3) is 0 Å². The molecule has 13 heavy (non-hydrogen) atoms. The van der Waals surface area contributed by atoms with Crippen molar-refractivity contribution >= 4 is 0 Å². The zero-order valence-electron chi connectivity index (χ0n) is 7.27. The van der Waals surface area contributed by atoms with Crippen LogP contribution in [0.15, 0.2) is 30.3 Å². The van der Waals surface area contributed by atoms with Crippen molar-refractivity contribution in [3.63, 3.8) is 0 Å². The van der Waals surface area contributed by atoms with Crippen molar-refractivity contribution in [2.24, 2.45) is 0 Å². The molecule has 3 heteroatoms. The van der Waals surface area contributed by atoms with E-state index in [1.165, 1.54) is 0 Å². The number of hydrogen-bond acceptors (Lipinski definition) is 2. The number of nitro groups is 1. The molecule has 1 aromatic carbocycles. The monoisotopic (exact) mass is 177 g/mol. The molecule has 0 heterocycles. The average molecular weight is 177 g/mol. The number of nitrogens with zero attached hydrogens (tertiary/aromatic N) is 1. The predicted molar refractivity (Wildman–Crippen MR) is 49.1 cm³/mol. The van der Waals surface area contributed by atoms with Crippen LogP contribution >= 0.6 is 0 Å². The van der Waals surface area contributed by atoms with E-state index in [-0.39, 0.29) is 4.92 Å². The van der Waals surface area contributed by atoms with E-state index in [2.05, 4.69) is 0 Å². The minimum atomic E-state index is -0.624. The summed E-state index contributed by atoms with van der Waals surface area (Å²) in [5, 5.41) is 10.7. The minimum absolute atomic E-state index is 0.125. The summed E-state index contributed by atoms with van der Waals surface area (Å²) >= 11 is 0. The summed E-state index contributed by atoms with van der Waals surface area (Å²) in [5.74, 6) is 0. The lowest BCUT2D eigenvalue weighted by Gasteiger charge is -2.05. The van der Waals surface area contributed by atoms with Gasteiger partial charge >= 0.3 is 0 Å². The Morgan fingerprint density at radius 2 is 1.92 bits per heavy atom. The largest absolute Gasteiger partial charge is 0.264 e. The summed E-state index contributed by atoms with van der Waals surface area (Å²) in [6, 6.07) is 9.67. The van der Waals surface area contributed by atoms with Crippen LogP contribution in [-0.2, 0) is 6.42 Å². The molecular weight excluding hydrogens is 166 g/mol. The van der Waals surface area contributed by atoms with Crippen LogP contribution in [0, 0.1) is 10.1 Å². The van der Waals surface area contributed by atoms with E-state index in [0.29, 0.717) is 6.42 Å². The molecule has 0 spiro atoms. The maximum atomic E-state index is 10.7. The van der Waals surface area contributed by atoms with Crippen LogP contribution in [0.1, 0.15) is 18.4 Å². The Hall–Kier alpha value is -1.38. The highest BCUT2D eigenvalue weighted by Gasteiger charge is 2.55. The van der Waals surface area contributed by atoms with Crippen LogP contribution in [0.25, 0.3) is 0 Å². The van der Waals surface area contributed by atoms with Crippen molar-refractivity contribution in [2.75, 3.05) is 0 Å². The van der Waals surface area contributed by atoms with E-state index < -0.39 is 5.54 Å². The summed E-state index contributed by atoms with van der Waals surface area (Å²) in [5.41, 5.74) is 0.443. The van der Waals surface area contributed by atoms with E-state index in [4.69, 9.17) is 0 Å². The Bertz CT molecular complexity index is 317. The van der Waals surface area contributed by atoms with Crippen molar-refractivity contribution in [3.8, 4) is 0 Å². The standard InChI is InChI=1S/C10H11NO2/c12-11(13)10(6-7-10)8-9-4-2-1-3-5-9/h1-5H,6-8H2. The van der Waals surface area contributed by atoms with Gasteiger partial charge in [0, 0.05) is 24.2 Å². The second-order valence-corrected chi connectivity index (χ2v) is 3.64. The number of benzene rings is 1. The molecular formula is C10H11NO2. The highest BCUT2D eigenvalue weighted by Crippen LogP contribution is 2.41. The Balaban J connectivity index is 2.11. The van der Waals surface area contributed by atoms with E-state index in [9.17, 15) is 10.1 Å². The third kappa shape index (κ3) is 1.54. The first-order chi connectivity index (χ1) is 6.23. The zero-order valence-corrected chi connectivity index (χ0v) is 7.27. The average Bonchev–Trinajstić information content (AvgIpc) is 2.87. The third-order valence-electron chi connectivity index (χ3n) is 2.59. The van der Waals surface area contributed by atoms with Crippen LogP contribution in [0.3, 0.4) is 0 Å². The Morgan fingerprint density at radius 1 is 1.31 bits per heavy atom. The molecule has 0 saturated heterocycles. The summed E-state index contributed by atoms with van der Waals surface area (Å²) in [6.07, 6.45) is 2.05. The van der Waals surface area contributed by atoms with Gasteiger partial charge in [0.05, 0.1) is 0 Å². The minimum Gasteiger partial charge on any atom is -0.264 e. The van der Waals surface area contributed by atoms with Crippen LogP contribution in [0.5, 0.6) is 0 Å². The molecule has 0 aromatic heterocycles. The van der Waals surface area contributed by atoms with Gasteiger partial charge in [0.15, 0.2) is 0 Å². The van der Waals surface area contributed by atoms with Gasteiger partial charge in [-0.15, -0.1) is 0 Å². The fraction of sp³-hybridized carbons (Fsp3) is 0.400. The molecule has 0 bridgehead atoms. The maximum Gasteiger partial charge on any atom is 0.226 e. The Kier molecular flexibility index (Phi) is 1.79. The van der Waals surface area contributed by atoms with E-state index in [1.54, 1.807) is 0 Å². The molecule has 68 valence electrons. The number of hydrogen-bond donors (Lipinski definition) is 0. The topological polar surface area (TPSA) is 43.1 Å². The molecule has 0 unspecified atom stereocenters. The Morgan fingerprint density at radius 3 is 2.38 bits per heavy atom. The van der Waals surface area contributed by atoms with Crippen LogP contribution in [0.2, 0.25) is 0 Å². The van der Waals surface area contributed by atoms with Gasteiger partial charge in [-0.05, 0) is 5.56 Å². The highest BCUT2D eigenvalue weighted by atomic mass is 16.6. The van der Waals surface area contributed by atoms with Crippen LogP contribution < -0.4 is 0 Å². The molecule has 0 N–H and O–H groups in total. The molecule has 1 aliphatic carbocycles. The molecule has 0 radical (unpaired) electrons. The quantitative estimate of drug-likeness (QED) is 0.523. The first-order valence-electron chi connectivity index (χ1n) is 4.41. The van der Waals surface area contributed by atoms with Gasteiger partial charge in [-0.2, -0.15) is 0 Å². The number of rotatable bonds is 3. The van der Waals surface area contributed by atoms with Gasteiger partial charge in [-0.1, -0.05) is 30.3 Å². The summed E-state index contributed by atoms with van der Waals surface area (Å²) < 4.78 is 0. The maximum absolute atomic E-state index is 10.7. The second kappa shape index (κ2) is 2.83. The fourth-order valence-electron chi connectivity index (χ4n) is 1.54.